The highest BCUT2D eigenvalue weighted by atomic mass is 32.1. The fourth-order valence-electron chi connectivity index (χ4n) is 3.58. The van der Waals surface area contributed by atoms with Gasteiger partial charge in [0.25, 0.3) is 0 Å². The van der Waals surface area contributed by atoms with E-state index in [2.05, 4.69) is 57.0 Å². The Hall–Kier alpha value is -2.96. The van der Waals surface area contributed by atoms with Crippen LogP contribution in [0.15, 0.2) is 77.4 Å². The maximum absolute atomic E-state index is 5.80. The van der Waals surface area contributed by atoms with Crippen molar-refractivity contribution in [2.75, 3.05) is 7.05 Å². The molecule has 0 saturated heterocycles. The van der Waals surface area contributed by atoms with Gasteiger partial charge in [0.15, 0.2) is 5.76 Å². The van der Waals surface area contributed by atoms with Crippen molar-refractivity contribution in [1.29, 1.82) is 0 Å². The second kappa shape index (κ2) is 8.65. The molecule has 0 bridgehead atoms. The van der Waals surface area contributed by atoms with E-state index in [1.165, 1.54) is 11.1 Å². The molecule has 160 valence electrons. The maximum Gasteiger partial charge on any atom is 0.204 e. The van der Waals surface area contributed by atoms with Crippen molar-refractivity contribution in [3.63, 3.8) is 0 Å². The number of furan rings is 1. The van der Waals surface area contributed by atoms with E-state index in [0.29, 0.717) is 23.0 Å². The summed E-state index contributed by atoms with van der Waals surface area (Å²) in [5, 5.41) is 4.80. The first-order valence-corrected chi connectivity index (χ1v) is 10.8. The number of para-hydroxylation sites is 1. The van der Waals surface area contributed by atoms with Crippen LogP contribution in [0.25, 0.3) is 17.3 Å². The third-order valence-corrected chi connectivity index (χ3v) is 5.64. The Labute approximate surface area is 188 Å². The molecule has 0 fully saturated rings. The van der Waals surface area contributed by atoms with Crippen molar-refractivity contribution in [2.45, 2.75) is 39.4 Å². The van der Waals surface area contributed by atoms with Gasteiger partial charge in [0.1, 0.15) is 0 Å². The van der Waals surface area contributed by atoms with Crippen LogP contribution < -0.4 is 0 Å². The molecule has 0 atom stereocenters. The Bertz CT molecular complexity index is 1180. The average molecular weight is 433 g/mol. The number of rotatable bonds is 6. The van der Waals surface area contributed by atoms with E-state index in [9.17, 15) is 0 Å². The average Bonchev–Trinajstić information content (AvgIpc) is 3.37. The van der Waals surface area contributed by atoms with E-state index in [0.717, 1.165) is 12.2 Å². The highest BCUT2D eigenvalue weighted by Gasteiger charge is 2.18. The Morgan fingerprint density at radius 1 is 0.968 bits per heavy atom. The summed E-state index contributed by atoms with van der Waals surface area (Å²) in [7, 11) is 2.08. The number of nitrogens with zero attached hydrogens (tertiary/aromatic N) is 4. The quantitative estimate of drug-likeness (QED) is 0.348. The molecule has 0 aliphatic heterocycles. The molecular weight excluding hydrogens is 404 g/mol. The summed E-state index contributed by atoms with van der Waals surface area (Å²) >= 11 is 5.80. The van der Waals surface area contributed by atoms with Crippen LogP contribution in [0.2, 0.25) is 0 Å². The van der Waals surface area contributed by atoms with Crippen LogP contribution in [0.3, 0.4) is 0 Å². The number of aromatic nitrogens is 3. The standard InChI is InChI=1S/C25H28N4OS/c1-25(2,3)20-14-12-19(13-15-20)17-27(4)18-28-24(31)29(21-9-6-5-7-10-21)23(26-28)22-11-8-16-30-22/h5-16H,17-18H2,1-4H3. The summed E-state index contributed by atoms with van der Waals surface area (Å²) in [6, 6.07) is 22.6. The van der Waals surface area contributed by atoms with Crippen molar-refractivity contribution in [2.24, 2.45) is 0 Å². The predicted molar refractivity (Wildman–Crippen MR) is 127 cm³/mol. The number of hydrogen-bond acceptors (Lipinski definition) is 4. The van der Waals surface area contributed by atoms with Crippen LogP contribution in [0.4, 0.5) is 0 Å². The molecule has 0 aliphatic rings. The molecule has 0 unspecified atom stereocenters. The van der Waals surface area contributed by atoms with Gasteiger partial charge in [-0.1, -0.05) is 63.2 Å². The van der Waals surface area contributed by atoms with Gasteiger partial charge in [-0.15, -0.1) is 5.10 Å². The van der Waals surface area contributed by atoms with Crippen LogP contribution in [0.1, 0.15) is 31.9 Å². The fraction of sp³-hybridized carbons (Fsp3) is 0.280. The van der Waals surface area contributed by atoms with Gasteiger partial charge in [0, 0.05) is 6.54 Å². The summed E-state index contributed by atoms with van der Waals surface area (Å²) in [6.45, 7) is 8.08. The molecule has 4 aromatic rings. The van der Waals surface area contributed by atoms with E-state index in [4.69, 9.17) is 21.7 Å². The minimum atomic E-state index is 0.157. The molecule has 0 N–H and O–H groups in total. The van der Waals surface area contributed by atoms with Gasteiger partial charge in [0.2, 0.25) is 10.6 Å². The van der Waals surface area contributed by atoms with Gasteiger partial charge in [-0.3, -0.25) is 9.47 Å². The van der Waals surface area contributed by atoms with Crippen LogP contribution in [0, 0.1) is 4.77 Å². The monoisotopic (exact) mass is 432 g/mol. The molecular formula is C25H28N4OS. The lowest BCUT2D eigenvalue weighted by molar-refractivity contribution is 0.244. The van der Waals surface area contributed by atoms with E-state index in [1.807, 2.05) is 51.7 Å². The van der Waals surface area contributed by atoms with Gasteiger partial charge in [-0.25, -0.2) is 4.68 Å². The zero-order chi connectivity index (χ0) is 22.0. The molecule has 0 radical (unpaired) electrons. The van der Waals surface area contributed by atoms with Crippen LogP contribution in [0.5, 0.6) is 0 Å². The zero-order valence-corrected chi connectivity index (χ0v) is 19.3. The van der Waals surface area contributed by atoms with Crippen LogP contribution >= 0.6 is 12.2 Å². The SMILES string of the molecule is CN(Cc1ccc(C(C)(C)C)cc1)Cn1nc(-c2ccco2)n(-c2ccccc2)c1=S. The van der Waals surface area contributed by atoms with E-state index in [1.54, 1.807) is 6.26 Å². The summed E-state index contributed by atoms with van der Waals surface area (Å²) < 4.78 is 10.1. The lowest BCUT2D eigenvalue weighted by Gasteiger charge is -2.20. The van der Waals surface area contributed by atoms with Crippen molar-refractivity contribution in [1.82, 2.24) is 19.2 Å². The maximum atomic E-state index is 5.80. The minimum Gasteiger partial charge on any atom is -0.461 e. The molecule has 4 rings (SSSR count). The second-order valence-electron chi connectivity index (χ2n) is 8.86. The summed E-state index contributed by atoms with van der Waals surface area (Å²) in [5.74, 6) is 1.39. The van der Waals surface area contributed by atoms with Crippen LogP contribution in [-0.2, 0) is 18.6 Å². The highest BCUT2D eigenvalue weighted by Crippen LogP contribution is 2.24. The molecule has 2 heterocycles. The summed E-state index contributed by atoms with van der Waals surface area (Å²) in [5.41, 5.74) is 3.72. The van der Waals surface area contributed by atoms with E-state index >= 15 is 0 Å². The molecule has 2 aromatic carbocycles. The normalized spacial score (nSPS) is 11.9. The van der Waals surface area contributed by atoms with Crippen molar-refractivity contribution < 1.29 is 4.42 Å². The summed E-state index contributed by atoms with van der Waals surface area (Å²) in [6.07, 6.45) is 1.65. The summed E-state index contributed by atoms with van der Waals surface area (Å²) in [4.78, 5) is 2.20. The van der Waals surface area contributed by atoms with Crippen LogP contribution in [-0.4, -0.2) is 26.3 Å². The Morgan fingerprint density at radius 3 is 2.29 bits per heavy atom. The first-order chi connectivity index (χ1) is 14.8. The third-order valence-electron chi connectivity index (χ3n) is 5.24. The number of benzene rings is 2. The molecule has 0 amide bonds. The Kier molecular flexibility index (Phi) is 5.94. The smallest absolute Gasteiger partial charge is 0.204 e. The highest BCUT2D eigenvalue weighted by molar-refractivity contribution is 7.71. The molecule has 0 saturated carbocycles. The van der Waals surface area contributed by atoms with Crippen molar-refractivity contribution >= 4 is 12.2 Å². The molecule has 0 spiro atoms. The zero-order valence-electron chi connectivity index (χ0n) is 18.4. The van der Waals surface area contributed by atoms with Crippen molar-refractivity contribution in [3.8, 4) is 17.3 Å². The third kappa shape index (κ3) is 4.70. The topological polar surface area (TPSA) is 39.1 Å². The van der Waals surface area contributed by atoms with Gasteiger partial charge >= 0.3 is 0 Å². The van der Waals surface area contributed by atoms with E-state index in [-0.39, 0.29) is 5.41 Å². The Morgan fingerprint density at radius 2 is 1.68 bits per heavy atom. The molecule has 5 nitrogen and oxygen atoms in total. The predicted octanol–water partition coefficient (Wildman–Crippen LogP) is 6.05. The lowest BCUT2D eigenvalue weighted by Crippen LogP contribution is -2.22. The first kappa shape index (κ1) is 21.3. The lowest BCUT2D eigenvalue weighted by atomic mass is 9.87. The molecule has 0 aliphatic carbocycles. The molecule has 6 heteroatoms. The van der Waals surface area contributed by atoms with Gasteiger partial charge in [-0.2, -0.15) is 0 Å². The minimum absolute atomic E-state index is 0.157. The van der Waals surface area contributed by atoms with Gasteiger partial charge in [-0.05, 0) is 60.1 Å². The fourth-order valence-corrected chi connectivity index (χ4v) is 3.87. The largest absolute Gasteiger partial charge is 0.461 e. The van der Waals surface area contributed by atoms with E-state index < -0.39 is 0 Å². The second-order valence-corrected chi connectivity index (χ2v) is 9.22. The molecule has 2 aromatic heterocycles. The molecule has 31 heavy (non-hydrogen) atoms. The number of hydrogen-bond donors (Lipinski definition) is 0. The van der Waals surface area contributed by atoms with Gasteiger partial charge < -0.3 is 4.42 Å². The van der Waals surface area contributed by atoms with Crippen molar-refractivity contribution in [3.05, 3.63) is 88.9 Å². The first-order valence-electron chi connectivity index (χ1n) is 10.4. The Balaban J connectivity index is 1.59. The van der Waals surface area contributed by atoms with Gasteiger partial charge in [0.05, 0.1) is 18.6 Å².